The summed E-state index contributed by atoms with van der Waals surface area (Å²) >= 11 is -0.312. The van der Waals surface area contributed by atoms with Gasteiger partial charge >= 0.3 is 5.51 Å². The topological polar surface area (TPSA) is 0 Å². The second-order valence-corrected chi connectivity index (χ2v) is 4.80. The fourth-order valence-electron chi connectivity index (χ4n) is 1.48. The first-order chi connectivity index (χ1) is 8.51. The van der Waals surface area contributed by atoms with Gasteiger partial charge in [0.15, 0.2) is 0 Å². The molecule has 1 rings (SSSR count). The molecule has 0 amide bonds. The average Bonchev–Trinajstić information content (AvgIpc) is 2.30. The zero-order valence-corrected chi connectivity index (χ0v) is 11.0. The molecule has 0 aliphatic rings. The number of alkyl halides is 3. The lowest BCUT2D eigenvalue weighted by molar-refractivity contribution is -0.0318. The van der Waals surface area contributed by atoms with Crippen LogP contribution in [0.25, 0.3) is 0 Å². The first-order valence-electron chi connectivity index (χ1n) is 5.86. The molecule has 0 saturated carbocycles. The van der Waals surface area contributed by atoms with Gasteiger partial charge in [0.25, 0.3) is 0 Å². The number of benzene rings is 1. The van der Waals surface area contributed by atoms with Crippen molar-refractivity contribution in [3.63, 3.8) is 0 Å². The van der Waals surface area contributed by atoms with Crippen LogP contribution in [0.2, 0.25) is 0 Å². The standard InChI is InChI=1S/C14H15F3S/c1-2-3-4-5-12-6-8-13(9-7-12)10-11-18-14(15,16)17/h6-9H,2-5H2,1H3. The van der Waals surface area contributed by atoms with E-state index in [-0.39, 0.29) is 11.8 Å². The van der Waals surface area contributed by atoms with Crippen LogP contribution in [-0.2, 0) is 6.42 Å². The summed E-state index contributed by atoms with van der Waals surface area (Å²) in [5.41, 5.74) is -2.46. The number of thioether (sulfide) groups is 1. The average molecular weight is 272 g/mol. The van der Waals surface area contributed by atoms with E-state index in [1.807, 2.05) is 12.1 Å². The zero-order chi connectivity index (χ0) is 13.4. The number of aryl methyl sites for hydroxylation is 1. The normalized spacial score (nSPS) is 10.9. The van der Waals surface area contributed by atoms with Crippen molar-refractivity contribution in [1.82, 2.24) is 0 Å². The molecule has 1 aromatic carbocycles. The predicted molar refractivity (Wildman–Crippen MR) is 70.2 cm³/mol. The second-order valence-electron chi connectivity index (χ2n) is 3.93. The van der Waals surface area contributed by atoms with E-state index in [1.165, 1.54) is 18.4 Å². The van der Waals surface area contributed by atoms with Crippen molar-refractivity contribution in [2.75, 3.05) is 0 Å². The maximum Gasteiger partial charge on any atom is 0.453 e. The van der Waals surface area contributed by atoms with Crippen LogP contribution in [0.4, 0.5) is 13.2 Å². The first kappa shape index (κ1) is 15.0. The fraction of sp³-hybridized carbons (Fsp3) is 0.429. The molecule has 0 fully saturated rings. The van der Waals surface area contributed by atoms with E-state index in [0.29, 0.717) is 5.56 Å². The maximum absolute atomic E-state index is 11.9. The molecule has 0 unspecified atom stereocenters. The van der Waals surface area contributed by atoms with Crippen LogP contribution in [0.5, 0.6) is 0 Å². The molecule has 0 heterocycles. The summed E-state index contributed by atoms with van der Waals surface area (Å²) in [6.07, 6.45) is 4.53. The Morgan fingerprint density at radius 3 is 2.33 bits per heavy atom. The maximum atomic E-state index is 11.9. The minimum atomic E-state index is -4.28. The summed E-state index contributed by atoms with van der Waals surface area (Å²) in [4.78, 5) is 0. The highest BCUT2D eigenvalue weighted by atomic mass is 32.2. The lowest BCUT2D eigenvalue weighted by Crippen LogP contribution is -1.96. The summed E-state index contributed by atoms with van der Waals surface area (Å²) in [6.45, 7) is 2.15. The molecule has 0 spiro atoms. The quantitative estimate of drug-likeness (QED) is 0.550. The van der Waals surface area contributed by atoms with Crippen LogP contribution in [-0.4, -0.2) is 5.51 Å². The number of unbranched alkanes of at least 4 members (excludes halogenated alkanes) is 2. The fourth-order valence-corrected chi connectivity index (χ4v) is 1.76. The van der Waals surface area contributed by atoms with Crippen LogP contribution in [0, 0.1) is 11.2 Å². The molecule has 0 radical (unpaired) electrons. The number of halogens is 3. The smallest absolute Gasteiger partial charge is 0.160 e. The van der Waals surface area contributed by atoms with Gasteiger partial charge in [-0.1, -0.05) is 37.8 Å². The predicted octanol–water partition coefficient (Wildman–Crippen LogP) is 4.98. The van der Waals surface area contributed by atoms with E-state index in [2.05, 4.69) is 18.1 Å². The summed E-state index contributed by atoms with van der Waals surface area (Å²) in [6, 6.07) is 7.40. The first-order valence-corrected chi connectivity index (χ1v) is 6.67. The van der Waals surface area contributed by atoms with E-state index < -0.39 is 5.51 Å². The van der Waals surface area contributed by atoms with Gasteiger partial charge in [0.2, 0.25) is 0 Å². The number of hydrogen-bond acceptors (Lipinski definition) is 1. The monoisotopic (exact) mass is 272 g/mol. The van der Waals surface area contributed by atoms with Gasteiger partial charge in [-0.3, -0.25) is 0 Å². The van der Waals surface area contributed by atoms with Crippen molar-refractivity contribution in [3.05, 3.63) is 35.4 Å². The third kappa shape index (κ3) is 6.61. The highest BCUT2D eigenvalue weighted by Gasteiger charge is 2.27. The molecule has 18 heavy (non-hydrogen) atoms. The van der Waals surface area contributed by atoms with Crippen molar-refractivity contribution in [2.45, 2.75) is 38.1 Å². The highest BCUT2D eigenvalue weighted by molar-refractivity contribution is 8.04. The molecule has 4 heteroatoms. The molecule has 0 aromatic heterocycles. The lowest BCUT2D eigenvalue weighted by Gasteiger charge is -2.00. The van der Waals surface area contributed by atoms with Gasteiger partial charge in [-0.05, 0) is 35.8 Å². The molecular weight excluding hydrogens is 257 g/mol. The third-order valence-corrected chi connectivity index (χ3v) is 2.82. The lowest BCUT2D eigenvalue weighted by atomic mass is 10.1. The molecule has 0 saturated heterocycles. The van der Waals surface area contributed by atoms with E-state index >= 15 is 0 Å². The Balaban J connectivity index is 2.50. The van der Waals surface area contributed by atoms with E-state index in [0.717, 1.165) is 12.8 Å². The van der Waals surface area contributed by atoms with Crippen molar-refractivity contribution in [2.24, 2.45) is 0 Å². The van der Waals surface area contributed by atoms with E-state index in [9.17, 15) is 13.2 Å². The Hall–Kier alpha value is -1.08. The molecule has 1 aromatic rings. The summed E-state index contributed by atoms with van der Waals surface area (Å²) in [5.74, 6) is 2.49. The van der Waals surface area contributed by atoms with Gasteiger partial charge in [0.05, 0.1) is 0 Å². The Morgan fingerprint density at radius 2 is 1.78 bits per heavy atom. The molecule has 0 aliphatic heterocycles. The zero-order valence-electron chi connectivity index (χ0n) is 10.2. The van der Waals surface area contributed by atoms with Gasteiger partial charge in [-0.25, -0.2) is 0 Å². The van der Waals surface area contributed by atoms with Gasteiger partial charge in [0.1, 0.15) is 0 Å². The van der Waals surface area contributed by atoms with Crippen molar-refractivity contribution >= 4 is 11.8 Å². The van der Waals surface area contributed by atoms with Crippen molar-refractivity contribution < 1.29 is 13.2 Å². The molecular formula is C14H15F3S. The third-order valence-electron chi connectivity index (χ3n) is 2.39. The molecule has 0 bridgehead atoms. The van der Waals surface area contributed by atoms with Crippen LogP contribution in [0.3, 0.4) is 0 Å². The largest absolute Gasteiger partial charge is 0.453 e. The van der Waals surface area contributed by atoms with Crippen LogP contribution in [0.15, 0.2) is 24.3 Å². The minimum absolute atomic E-state index is 0.312. The Morgan fingerprint density at radius 1 is 1.11 bits per heavy atom. The Kier molecular flexibility index (Phi) is 6.14. The Bertz CT molecular complexity index is 409. The molecule has 0 N–H and O–H groups in total. The summed E-state index contributed by atoms with van der Waals surface area (Å²) in [5, 5.41) is 2.06. The molecule has 0 atom stereocenters. The number of rotatable bonds is 4. The molecule has 0 aliphatic carbocycles. The molecule has 98 valence electrons. The van der Waals surface area contributed by atoms with E-state index in [4.69, 9.17) is 0 Å². The van der Waals surface area contributed by atoms with Gasteiger partial charge in [-0.2, -0.15) is 13.2 Å². The second kappa shape index (κ2) is 7.38. The van der Waals surface area contributed by atoms with Crippen molar-refractivity contribution in [1.29, 1.82) is 0 Å². The molecule has 0 nitrogen and oxygen atoms in total. The van der Waals surface area contributed by atoms with Gasteiger partial charge < -0.3 is 0 Å². The number of hydrogen-bond donors (Lipinski definition) is 0. The highest BCUT2D eigenvalue weighted by Crippen LogP contribution is 2.28. The van der Waals surface area contributed by atoms with Crippen LogP contribution in [0.1, 0.15) is 37.3 Å². The Labute approximate surface area is 110 Å². The summed E-state index contributed by atoms with van der Waals surface area (Å²) < 4.78 is 35.6. The van der Waals surface area contributed by atoms with Gasteiger partial charge in [-0.15, -0.1) is 0 Å². The van der Waals surface area contributed by atoms with Crippen LogP contribution < -0.4 is 0 Å². The SMILES string of the molecule is CCCCCc1ccc(C#CSC(F)(F)F)cc1. The van der Waals surface area contributed by atoms with Gasteiger partial charge in [0, 0.05) is 17.3 Å². The van der Waals surface area contributed by atoms with E-state index in [1.54, 1.807) is 12.1 Å². The van der Waals surface area contributed by atoms with Crippen LogP contribution >= 0.6 is 11.8 Å². The summed E-state index contributed by atoms with van der Waals surface area (Å²) in [7, 11) is 0. The van der Waals surface area contributed by atoms with Crippen molar-refractivity contribution in [3.8, 4) is 11.2 Å². The minimum Gasteiger partial charge on any atom is -0.160 e.